The predicted octanol–water partition coefficient (Wildman–Crippen LogP) is 3.56. The fourth-order valence-corrected chi connectivity index (χ4v) is 3.87. The smallest absolute Gasteiger partial charge is 0.336 e. The molecule has 0 bridgehead atoms. The highest BCUT2D eigenvalue weighted by molar-refractivity contribution is 6.11. The molecule has 0 saturated heterocycles. The van der Waals surface area contributed by atoms with Crippen molar-refractivity contribution in [2.45, 2.75) is 19.9 Å². The molecule has 0 fully saturated rings. The van der Waals surface area contributed by atoms with Gasteiger partial charge in [0.2, 0.25) is 0 Å². The molecule has 0 aliphatic rings. The summed E-state index contributed by atoms with van der Waals surface area (Å²) in [6.45, 7) is 4.56. The molecule has 0 spiro atoms. The summed E-state index contributed by atoms with van der Waals surface area (Å²) in [4.78, 5) is 38.2. The van der Waals surface area contributed by atoms with Crippen LogP contribution in [0.3, 0.4) is 0 Å². The third kappa shape index (κ3) is 6.59. The Bertz CT molecular complexity index is 1320. The van der Waals surface area contributed by atoms with Gasteiger partial charge in [0.25, 0.3) is 11.8 Å². The van der Waals surface area contributed by atoms with E-state index < -0.39 is 11.9 Å². The maximum absolute atomic E-state index is 13.1. The molecule has 0 heterocycles. The third-order valence-electron chi connectivity index (χ3n) is 5.97. The average Bonchev–Trinajstić information content (AvgIpc) is 2.88. The van der Waals surface area contributed by atoms with Crippen LogP contribution in [0.15, 0.2) is 66.7 Å². The summed E-state index contributed by atoms with van der Waals surface area (Å²) in [6, 6.07) is 17.5. The number of rotatable bonds is 10. The first-order valence-corrected chi connectivity index (χ1v) is 11.8. The lowest BCUT2D eigenvalue weighted by Crippen LogP contribution is -2.44. The lowest BCUT2D eigenvalue weighted by molar-refractivity contribution is 0.0697. The summed E-state index contributed by atoms with van der Waals surface area (Å²) in [5, 5.41) is 26.2. The molecule has 0 aliphatic carbocycles. The molecule has 0 aliphatic heterocycles. The zero-order valence-corrected chi connectivity index (χ0v) is 21.0. The van der Waals surface area contributed by atoms with Crippen LogP contribution in [-0.2, 0) is 0 Å². The van der Waals surface area contributed by atoms with E-state index in [1.165, 1.54) is 6.07 Å². The van der Waals surface area contributed by atoms with Crippen LogP contribution < -0.4 is 21.7 Å². The van der Waals surface area contributed by atoms with E-state index in [1.54, 1.807) is 67.7 Å². The minimum absolute atomic E-state index is 0.0803. The van der Waals surface area contributed by atoms with Gasteiger partial charge < -0.3 is 26.8 Å². The molecule has 37 heavy (non-hydrogen) atoms. The number of anilines is 1. The molecule has 0 saturated carbocycles. The standard InChI is InChI=1S/C28H31N5O4/c1-16(2)24(15-31-3)33-26(34)18-10-13-21(23(14-18)28(36)37)20-6-4-5-7-22(20)27(35)32-19-11-8-17(9-12-19)25(29)30/h4-14,16,24,31H,15H2,1-3H3,(H3,29,30)(H,32,35)(H,33,34)(H,36,37). The van der Waals surface area contributed by atoms with Gasteiger partial charge in [-0.2, -0.15) is 0 Å². The average molecular weight is 502 g/mol. The Balaban J connectivity index is 1.93. The van der Waals surface area contributed by atoms with E-state index in [0.717, 1.165) is 0 Å². The van der Waals surface area contributed by atoms with Crippen LogP contribution in [0.5, 0.6) is 0 Å². The molecule has 2 amide bonds. The normalized spacial score (nSPS) is 11.6. The van der Waals surface area contributed by atoms with Crippen LogP contribution in [0.25, 0.3) is 11.1 Å². The van der Waals surface area contributed by atoms with E-state index in [2.05, 4.69) is 16.0 Å². The van der Waals surface area contributed by atoms with Crippen molar-refractivity contribution in [1.82, 2.24) is 10.6 Å². The number of nitrogens with two attached hydrogens (primary N) is 1. The van der Waals surface area contributed by atoms with Crippen molar-refractivity contribution in [3.63, 3.8) is 0 Å². The van der Waals surface area contributed by atoms with Gasteiger partial charge in [0.05, 0.1) is 5.56 Å². The lowest BCUT2D eigenvalue weighted by atomic mass is 9.93. The highest BCUT2D eigenvalue weighted by Gasteiger charge is 2.22. The second-order valence-electron chi connectivity index (χ2n) is 8.94. The van der Waals surface area contributed by atoms with E-state index in [4.69, 9.17) is 11.1 Å². The molecular formula is C28H31N5O4. The molecule has 3 rings (SSSR count). The topological polar surface area (TPSA) is 157 Å². The van der Waals surface area contributed by atoms with Crippen LogP contribution in [0.2, 0.25) is 0 Å². The fourth-order valence-electron chi connectivity index (χ4n) is 3.87. The molecule has 0 aromatic heterocycles. The number of amides is 2. The molecule has 1 atom stereocenters. The molecule has 9 heteroatoms. The quantitative estimate of drug-likeness (QED) is 0.184. The second kappa shape index (κ2) is 12.0. The fraction of sp³-hybridized carbons (Fsp3) is 0.214. The maximum Gasteiger partial charge on any atom is 0.336 e. The van der Waals surface area contributed by atoms with Crippen molar-refractivity contribution in [2.24, 2.45) is 11.7 Å². The lowest BCUT2D eigenvalue weighted by Gasteiger charge is -2.22. The van der Waals surface area contributed by atoms with Gasteiger partial charge in [0.1, 0.15) is 5.84 Å². The van der Waals surface area contributed by atoms with Gasteiger partial charge >= 0.3 is 5.97 Å². The molecule has 0 radical (unpaired) electrons. The SMILES string of the molecule is CNCC(NC(=O)c1ccc(-c2ccccc2C(=O)Nc2ccc(C(=N)N)cc2)c(C(=O)O)c1)C(C)C. The maximum atomic E-state index is 13.1. The zero-order valence-electron chi connectivity index (χ0n) is 21.0. The van der Waals surface area contributed by atoms with E-state index in [9.17, 15) is 19.5 Å². The van der Waals surface area contributed by atoms with E-state index >= 15 is 0 Å². The molecule has 3 aromatic carbocycles. The van der Waals surface area contributed by atoms with E-state index in [-0.39, 0.29) is 40.4 Å². The van der Waals surface area contributed by atoms with Gasteiger partial charge in [-0.05, 0) is 66.6 Å². The molecule has 1 unspecified atom stereocenters. The Morgan fingerprint density at radius 3 is 2.11 bits per heavy atom. The number of nitrogen functional groups attached to an aromatic ring is 1. The van der Waals surface area contributed by atoms with Gasteiger partial charge in [-0.3, -0.25) is 15.0 Å². The van der Waals surface area contributed by atoms with Gasteiger partial charge in [-0.25, -0.2) is 4.79 Å². The summed E-state index contributed by atoms with van der Waals surface area (Å²) in [7, 11) is 1.80. The number of carbonyl (C=O) groups is 3. The van der Waals surface area contributed by atoms with Crippen molar-refractivity contribution in [2.75, 3.05) is 18.9 Å². The number of likely N-dealkylation sites (N-methyl/N-ethyl adjacent to an activating group) is 1. The molecule has 7 N–H and O–H groups in total. The minimum Gasteiger partial charge on any atom is -0.478 e. The summed E-state index contributed by atoms with van der Waals surface area (Å²) in [5.41, 5.74) is 7.63. The Labute approximate surface area is 215 Å². The zero-order chi connectivity index (χ0) is 27.1. The van der Waals surface area contributed by atoms with Crippen LogP contribution in [0, 0.1) is 11.3 Å². The largest absolute Gasteiger partial charge is 0.478 e. The number of carbonyl (C=O) groups excluding carboxylic acids is 2. The van der Waals surface area contributed by atoms with Crippen molar-refractivity contribution in [3.05, 3.63) is 89.0 Å². The second-order valence-corrected chi connectivity index (χ2v) is 8.94. The van der Waals surface area contributed by atoms with Crippen molar-refractivity contribution in [1.29, 1.82) is 5.41 Å². The first-order valence-electron chi connectivity index (χ1n) is 11.8. The predicted molar refractivity (Wildman–Crippen MR) is 144 cm³/mol. The van der Waals surface area contributed by atoms with Gasteiger partial charge in [0.15, 0.2) is 0 Å². The monoisotopic (exact) mass is 501 g/mol. The number of benzene rings is 3. The molecule has 192 valence electrons. The number of hydrogen-bond donors (Lipinski definition) is 6. The first kappa shape index (κ1) is 27.1. The minimum atomic E-state index is -1.21. The highest BCUT2D eigenvalue weighted by Crippen LogP contribution is 2.29. The summed E-state index contributed by atoms with van der Waals surface area (Å²) >= 11 is 0. The number of aromatic carboxylic acids is 1. The van der Waals surface area contributed by atoms with Crippen LogP contribution in [-0.4, -0.2) is 48.4 Å². The number of nitrogens with one attached hydrogen (secondary N) is 4. The van der Waals surface area contributed by atoms with Gasteiger partial charge in [-0.1, -0.05) is 38.1 Å². The van der Waals surface area contributed by atoms with Crippen molar-refractivity contribution in [3.8, 4) is 11.1 Å². The van der Waals surface area contributed by atoms with Crippen molar-refractivity contribution >= 4 is 29.3 Å². The van der Waals surface area contributed by atoms with E-state index in [1.807, 2.05) is 13.8 Å². The molecule has 9 nitrogen and oxygen atoms in total. The Morgan fingerprint density at radius 1 is 0.892 bits per heavy atom. The Hall–Kier alpha value is -4.50. The summed E-state index contributed by atoms with van der Waals surface area (Å²) in [5.74, 6) is -1.92. The number of amidine groups is 1. The summed E-state index contributed by atoms with van der Waals surface area (Å²) < 4.78 is 0. The molecule has 3 aromatic rings. The van der Waals surface area contributed by atoms with Crippen LogP contribution in [0.1, 0.15) is 50.5 Å². The van der Waals surface area contributed by atoms with Gasteiger partial charge in [-0.15, -0.1) is 0 Å². The number of carboxylic acid groups (broad SMARTS) is 1. The third-order valence-corrected chi connectivity index (χ3v) is 5.97. The first-order chi connectivity index (χ1) is 17.6. The van der Waals surface area contributed by atoms with Gasteiger partial charge in [0, 0.05) is 35.0 Å². The number of carboxylic acids is 1. The summed E-state index contributed by atoms with van der Waals surface area (Å²) in [6.07, 6.45) is 0. The van der Waals surface area contributed by atoms with E-state index in [0.29, 0.717) is 28.9 Å². The number of hydrogen-bond acceptors (Lipinski definition) is 5. The van der Waals surface area contributed by atoms with Crippen LogP contribution >= 0.6 is 0 Å². The van der Waals surface area contributed by atoms with Crippen LogP contribution in [0.4, 0.5) is 5.69 Å². The van der Waals surface area contributed by atoms with Crippen molar-refractivity contribution < 1.29 is 19.5 Å². The molecular weight excluding hydrogens is 470 g/mol. The Kier molecular flexibility index (Phi) is 8.76. The Morgan fingerprint density at radius 2 is 1.51 bits per heavy atom. The highest BCUT2D eigenvalue weighted by atomic mass is 16.4.